The van der Waals surface area contributed by atoms with E-state index >= 15 is 0 Å². The minimum Gasteiger partial charge on any atom is -0.507 e. The van der Waals surface area contributed by atoms with Crippen LogP contribution in [0.5, 0.6) is 11.5 Å². The third kappa shape index (κ3) is 3.72. The van der Waals surface area contributed by atoms with Crippen molar-refractivity contribution in [2.75, 3.05) is 0 Å². The molecule has 3 N–H and O–H groups in total. The number of benzene rings is 2. The van der Waals surface area contributed by atoms with Gasteiger partial charge in [0, 0.05) is 11.6 Å². The smallest absolute Gasteiger partial charge is 0.480 e. The molecule has 5 nitrogen and oxygen atoms in total. The zero-order valence-electron chi connectivity index (χ0n) is 15.7. The molecular formula is C20H26BNO4. The highest BCUT2D eigenvalue weighted by molar-refractivity contribution is 6.47. The molecule has 0 bridgehead atoms. The lowest BCUT2D eigenvalue weighted by atomic mass is 9.74. The number of rotatable bonds is 5. The van der Waals surface area contributed by atoms with E-state index in [1.54, 1.807) is 18.2 Å². The molecule has 1 saturated heterocycles. The molecule has 2 aromatic rings. The van der Waals surface area contributed by atoms with Crippen LogP contribution in [0.15, 0.2) is 48.5 Å². The summed E-state index contributed by atoms with van der Waals surface area (Å²) in [6, 6.07) is 15.0. The van der Waals surface area contributed by atoms with Gasteiger partial charge in [-0.15, -0.1) is 0 Å². The molecule has 0 aromatic heterocycles. The largest absolute Gasteiger partial charge is 0.507 e. The third-order valence-corrected chi connectivity index (χ3v) is 5.17. The van der Waals surface area contributed by atoms with Crippen LogP contribution in [0.4, 0.5) is 0 Å². The van der Waals surface area contributed by atoms with E-state index < -0.39 is 24.3 Å². The SMILES string of the molecule is CC1(C)OB([C@@H](N)c2ccc(OCc3ccccc3)cc2O)OC1(C)C. The summed E-state index contributed by atoms with van der Waals surface area (Å²) in [6.45, 7) is 8.32. The van der Waals surface area contributed by atoms with Crippen LogP contribution >= 0.6 is 0 Å². The predicted octanol–water partition coefficient (Wildman–Crippen LogP) is 3.60. The highest BCUT2D eigenvalue weighted by atomic mass is 16.7. The fourth-order valence-electron chi connectivity index (χ4n) is 2.82. The lowest BCUT2D eigenvalue weighted by Gasteiger charge is -2.32. The van der Waals surface area contributed by atoms with E-state index in [0.29, 0.717) is 17.9 Å². The Hall–Kier alpha value is -2.02. The minimum atomic E-state index is -0.623. The highest BCUT2D eigenvalue weighted by Crippen LogP contribution is 2.41. The van der Waals surface area contributed by atoms with Gasteiger partial charge in [0.2, 0.25) is 0 Å². The summed E-state index contributed by atoms with van der Waals surface area (Å²) in [4.78, 5) is 0. The number of phenolic OH excluding ortho intramolecular Hbond substituents is 1. The lowest BCUT2D eigenvalue weighted by Crippen LogP contribution is -2.41. The van der Waals surface area contributed by atoms with Crippen molar-refractivity contribution in [2.24, 2.45) is 5.73 Å². The van der Waals surface area contributed by atoms with Gasteiger partial charge in [-0.1, -0.05) is 36.4 Å². The fourth-order valence-corrected chi connectivity index (χ4v) is 2.82. The van der Waals surface area contributed by atoms with Crippen molar-refractivity contribution in [3.05, 3.63) is 59.7 Å². The van der Waals surface area contributed by atoms with Crippen molar-refractivity contribution >= 4 is 7.12 Å². The minimum absolute atomic E-state index is 0.0674. The second-order valence-corrected chi connectivity index (χ2v) is 7.65. The number of hydrogen-bond donors (Lipinski definition) is 2. The third-order valence-electron chi connectivity index (χ3n) is 5.17. The van der Waals surface area contributed by atoms with Crippen LogP contribution in [0, 0.1) is 0 Å². The second kappa shape index (κ2) is 6.95. The van der Waals surface area contributed by atoms with Crippen LogP contribution in [0.25, 0.3) is 0 Å². The first-order valence-electron chi connectivity index (χ1n) is 8.80. The van der Waals surface area contributed by atoms with Crippen LogP contribution in [0.2, 0.25) is 0 Å². The molecule has 0 radical (unpaired) electrons. The molecule has 0 amide bonds. The molecule has 3 rings (SSSR count). The van der Waals surface area contributed by atoms with E-state index in [-0.39, 0.29) is 5.75 Å². The highest BCUT2D eigenvalue weighted by Gasteiger charge is 2.53. The Morgan fingerprint density at radius 2 is 1.65 bits per heavy atom. The van der Waals surface area contributed by atoms with Crippen molar-refractivity contribution in [1.82, 2.24) is 0 Å². The summed E-state index contributed by atoms with van der Waals surface area (Å²) >= 11 is 0. The molecule has 1 aliphatic heterocycles. The maximum Gasteiger partial charge on any atom is 0.480 e. The Morgan fingerprint density at radius 3 is 2.23 bits per heavy atom. The maximum atomic E-state index is 10.4. The average Bonchev–Trinajstić information content (AvgIpc) is 2.81. The topological polar surface area (TPSA) is 73.9 Å². The molecule has 138 valence electrons. The molecule has 2 aromatic carbocycles. The number of nitrogens with two attached hydrogens (primary N) is 1. The molecule has 0 saturated carbocycles. The molecule has 6 heteroatoms. The van der Waals surface area contributed by atoms with Gasteiger partial charge in [0.1, 0.15) is 18.1 Å². The molecule has 1 fully saturated rings. The molecule has 26 heavy (non-hydrogen) atoms. The van der Waals surface area contributed by atoms with Gasteiger partial charge in [0.15, 0.2) is 0 Å². The van der Waals surface area contributed by atoms with Crippen molar-refractivity contribution in [2.45, 2.75) is 51.4 Å². The van der Waals surface area contributed by atoms with Gasteiger partial charge in [0.25, 0.3) is 0 Å². The number of ether oxygens (including phenoxy) is 1. The zero-order valence-corrected chi connectivity index (χ0v) is 15.7. The average molecular weight is 355 g/mol. The van der Waals surface area contributed by atoms with Crippen LogP contribution in [-0.2, 0) is 15.9 Å². The van der Waals surface area contributed by atoms with Gasteiger partial charge < -0.3 is 24.9 Å². The van der Waals surface area contributed by atoms with Gasteiger partial charge in [0.05, 0.1) is 17.1 Å². The van der Waals surface area contributed by atoms with Crippen LogP contribution < -0.4 is 10.5 Å². The van der Waals surface area contributed by atoms with E-state index in [4.69, 9.17) is 19.8 Å². The van der Waals surface area contributed by atoms with E-state index in [1.165, 1.54) is 0 Å². The first kappa shape index (κ1) is 18.8. The van der Waals surface area contributed by atoms with E-state index in [1.807, 2.05) is 58.0 Å². The zero-order chi connectivity index (χ0) is 18.9. The van der Waals surface area contributed by atoms with E-state index in [9.17, 15) is 5.11 Å². The van der Waals surface area contributed by atoms with Crippen LogP contribution in [-0.4, -0.2) is 23.4 Å². The lowest BCUT2D eigenvalue weighted by molar-refractivity contribution is 0.00578. The summed E-state index contributed by atoms with van der Waals surface area (Å²) in [7, 11) is -0.623. The van der Waals surface area contributed by atoms with Gasteiger partial charge in [-0.3, -0.25) is 0 Å². The maximum absolute atomic E-state index is 10.4. The monoisotopic (exact) mass is 355 g/mol. The Morgan fingerprint density at radius 1 is 1.04 bits per heavy atom. The second-order valence-electron chi connectivity index (χ2n) is 7.65. The van der Waals surface area contributed by atoms with Gasteiger partial charge in [-0.2, -0.15) is 0 Å². The number of phenols is 1. The van der Waals surface area contributed by atoms with Gasteiger partial charge in [-0.05, 0) is 39.3 Å². The quantitative estimate of drug-likeness (QED) is 0.802. The predicted molar refractivity (Wildman–Crippen MR) is 102 cm³/mol. The Bertz CT molecular complexity index is 748. The molecule has 0 unspecified atom stereocenters. The Balaban J connectivity index is 1.69. The van der Waals surface area contributed by atoms with Crippen molar-refractivity contribution in [1.29, 1.82) is 0 Å². The standard InChI is InChI=1S/C20H26BNO4/c1-19(2)20(3,4)26-21(25-19)18(22)16-11-10-15(12-17(16)23)24-13-14-8-6-5-7-9-14/h5-12,18,23H,13,22H2,1-4H3/t18-/m0/s1. The molecule has 1 atom stereocenters. The first-order chi connectivity index (χ1) is 12.2. The van der Waals surface area contributed by atoms with Gasteiger partial charge in [-0.25, -0.2) is 0 Å². The number of aromatic hydroxyl groups is 1. The fraction of sp³-hybridized carbons (Fsp3) is 0.400. The molecule has 1 heterocycles. The van der Waals surface area contributed by atoms with Crippen LogP contribution in [0.3, 0.4) is 0 Å². The van der Waals surface area contributed by atoms with E-state index in [0.717, 1.165) is 5.56 Å². The van der Waals surface area contributed by atoms with Gasteiger partial charge >= 0.3 is 7.12 Å². The molecular weight excluding hydrogens is 329 g/mol. The van der Waals surface area contributed by atoms with Crippen molar-refractivity contribution in [3.63, 3.8) is 0 Å². The Kier molecular flexibility index (Phi) is 5.02. The molecule has 1 aliphatic rings. The number of hydrogen-bond acceptors (Lipinski definition) is 5. The van der Waals surface area contributed by atoms with E-state index in [2.05, 4.69) is 0 Å². The normalized spacial score (nSPS) is 19.3. The van der Waals surface area contributed by atoms with Crippen molar-refractivity contribution in [3.8, 4) is 11.5 Å². The van der Waals surface area contributed by atoms with Crippen molar-refractivity contribution < 1.29 is 19.2 Å². The van der Waals surface area contributed by atoms with Crippen LogP contribution in [0.1, 0.15) is 44.8 Å². The summed E-state index contributed by atoms with van der Waals surface area (Å²) in [6.07, 6.45) is 0. The summed E-state index contributed by atoms with van der Waals surface area (Å²) in [5.74, 6) is 0.0493. The molecule has 0 spiro atoms. The molecule has 0 aliphatic carbocycles. The summed E-state index contributed by atoms with van der Waals surface area (Å²) < 4.78 is 17.7. The Labute approximate surface area is 155 Å². The summed E-state index contributed by atoms with van der Waals surface area (Å²) in [5, 5.41) is 10.4. The summed E-state index contributed by atoms with van der Waals surface area (Å²) in [5.41, 5.74) is 7.00. The first-order valence-corrected chi connectivity index (χ1v) is 8.80.